The second-order valence-electron chi connectivity index (χ2n) is 25.4. The molecule has 9 aromatic rings. The Bertz CT molecular complexity index is 4310. The van der Waals surface area contributed by atoms with Crippen molar-refractivity contribution in [1.29, 1.82) is 5.41 Å². The summed E-state index contributed by atoms with van der Waals surface area (Å²) in [5, 5.41) is 46.8. The Balaban J connectivity index is 0.000000379. The topological polar surface area (TPSA) is 379 Å². The van der Waals surface area contributed by atoms with Crippen molar-refractivity contribution in [2.24, 2.45) is 11.7 Å². The first kappa shape index (κ1) is 98.1. The van der Waals surface area contributed by atoms with Crippen LogP contribution in [0.5, 0.6) is 5.75 Å². The Kier molecular flexibility index (Phi) is 46.5. The summed E-state index contributed by atoms with van der Waals surface area (Å²) in [6.07, 6.45) is -1.10. The van der Waals surface area contributed by atoms with Crippen LogP contribution in [0, 0.1) is 99.5 Å². The number of nitrogens with one attached hydrogen (secondary N) is 10. The van der Waals surface area contributed by atoms with E-state index in [0.717, 1.165) is 55.9 Å². The van der Waals surface area contributed by atoms with Crippen LogP contribution in [0.1, 0.15) is 112 Å². The van der Waals surface area contributed by atoms with Crippen LogP contribution in [0.4, 0.5) is 32.3 Å². The van der Waals surface area contributed by atoms with E-state index in [4.69, 9.17) is 76.4 Å². The molecular formula is C83H96Ac2Cl3N11O13-2. The van der Waals surface area contributed by atoms with Gasteiger partial charge in [0, 0.05) is 144 Å². The molecule has 0 unspecified atom stereocenters. The minimum Gasteiger partial charge on any atom is -0.672 e. The van der Waals surface area contributed by atoms with Gasteiger partial charge in [0.2, 0.25) is 35.4 Å². The summed E-state index contributed by atoms with van der Waals surface area (Å²) in [4.78, 5) is 82.2. The van der Waals surface area contributed by atoms with Gasteiger partial charge in [-0.05, 0) is 118 Å². The largest absolute Gasteiger partial charge is 0.672 e. The van der Waals surface area contributed by atoms with Crippen molar-refractivity contribution in [3.05, 3.63) is 281 Å². The molecule has 6 atom stereocenters. The number of carbonyl (C=O) groups is 7. The van der Waals surface area contributed by atoms with Gasteiger partial charge in [-0.3, -0.25) is 29.4 Å². The van der Waals surface area contributed by atoms with Gasteiger partial charge in [-0.25, -0.2) is 9.59 Å². The standard InChI is InChI=1S/C26H35N5O6.C19H17NO2.C18H21N2O2.C11H11Cl3N2O2.C9H12NO.2Ac/c1-17(2)22(31-26(36)37-16-19-7-4-3-5-8-19)24(34)30-21(9-6-14-28-25(27)35)23(33)29-20-12-10-18(15-32)11-13-20;1-14(21)20-17-11-9-15(10-12-17)13-22-19-8-4-6-16-5-2-3-7-18(16)19;1-13(19)18(16-6-4-3-5-7-16)22-12-15-8-10-17(11-9-15)20-14(2)21;1-7(17)16-9-4-2-8(3-5-9)6-18-10(15)11(12,13)14;1-7(10)9(11)8-5-3-2-4-6-8;;/h3-5,7-8,10-13,17,21-22,32H,6,9,14-16H2,1-2H3,(H,29,33)(H,30,34)(H,31,36)(H3,27,28,35);2-12H,13H2,1H3,(H,20,21);3-11,13,18-19H,12H2,1-2H3,(H,20,21);2-5,15H,6H2,1H3,(H,16,17);2-7,9-11H,1H3;;/q;;-1;;-1;;/t21-,22-;;13-,18-;;7-,9-;;/m0.1.1../s1. The van der Waals surface area contributed by atoms with Gasteiger partial charge in [-0.15, -0.1) is 12.1 Å². The fourth-order valence-electron chi connectivity index (χ4n) is 10.1. The van der Waals surface area contributed by atoms with Gasteiger partial charge in [0.1, 0.15) is 37.7 Å². The van der Waals surface area contributed by atoms with E-state index in [9.17, 15) is 43.8 Å². The van der Waals surface area contributed by atoms with Crippen molar-refractivity contribution in [3.8, 4) is 5.75 Å². The molecule has 9 aromatic carbocycles. The molecule has 0 spiro atoms. The van der Waals surface area contributed by atoms with Crippen LogP contribution in [0.2, 0.25) is 0 Å². The van der Waals surface area contributed by atoms with Crippen LogP contribution in [-0.2, 0) is 71.2 Å². The number of amides is 8. The molecule has 8 amide bonds. The Hall–Kier alpha value is -8.05. The monoisotopic (exact) mass is 2010 g/mol. The van der Waals surface area contributed by atoms with Crippen LogP contribution in [0.15, 0.2) is 231 Å². The maximum absolute atomic E-state index is 13.1. The third kappa shape index (κ3) is 38.7. The fraction of sp³-hybridized carbons (Fsp3) is 0.277. The molecule has 0 aromatic heterocycles. The first-order valence-electron chi connectivity index (χ1n) is 35.1. The van der Waals surface area contributed by atoms with Gasteiger partial charge in [0.15, 0.2) is 0 Å². The summed E-state index contributed by atoms with van der Waals surface area (Å²) in [6, 6.07) is 67.8. The number of nitrogens with two attached hydrogens (primary N) is 1. The summed E-state index contributed by atoms with van der Waals surface area (Å²) in [5.74, 6) is -1.17. The third-order valence-corrected chi connectivity index (χ3v) is 16.2. The molecule has 112 heavy (non-hydrogen) atoms. The molecular weight excluding hydrogens is 1920 g/mol. The van der Waals surface area contributed by atoms with Gasteiger partial charge < -0.3 is 83.6 Å². The summed E-state index contributed by atoms with van der Waals surface area (Å²) in [5.41, 5.74) is 29.2. The van der Waals surface area contributed by atoms with Gasteiger partial charge in [0.25, 0.3) is 3.79 Å². The predicted molar refractivity (Wildman–Crippen MR) is 434 cm³/mol. The van der Waals surface area contributed by atoms with E-state index in [2.05, 4.69) is 55.4 Å². The Morgan fingerprint density at radius 3 is 1.39 bits per heavy atom. The predicted octanol–water partition coefficient (Wildman–Crippen LogP) is 16.4. The van der Waals surface area contributed by atoms with Crippen LogP contribution >= 0.6 is 34.8 Å². The number of hydrogen-bond donors (Lipinski definition) is 11. The maximum Gasteiger partial charge on any atom is 0.408 e. The number of aliphatic hydroxyl groups is 2. The molecule has 9 rings (SSSR count). The molecule has 0 saturated carbocycles. The van der Waals surface area contributed by atoms with Crippen molar-refractivity contribution in [1.82, 2.24) is 16.0 Å². The van der Waals surface area contributed by atoms with E-state index >= 15 is 0 Å². The summed E-state index contributed by atoms with van der Waals surface area (Å²) in [6.45, 7) is 12.6. The van der Waals surface area contributed by atoms with Crippen LogP contribution in [0.3, 0.4) is 0 Å². The second-order valence-corrected chi connectivity index (χ2v) is 27.6. The molecule has 2 radical (unpaired) electrons. The maximum atomic E-state index is 13.1. The molecule has 590 valence electrons. The van der Waals surface area contributed by atoms with Crippen LogP contribution in [-0.4, -0.2) is 92.3 Å². The number of rotatable bonds is 28. The smallest absolute Gasteiger partial charge is 0.408 e. The van der Waals surface area contributed by atoms with E-state index in [1.165, 1.54) is 26.2 Å². The SMILES string of the molecule is CC(=O)Nc1ccc(COC(=N)C(Cl)(Cl)Cl)cc1.CC(=O)Nc1ccc(CO[C@@H](c2ccccc2)[C@@H](C)[NH-])cc1.CC(=O)Nc1ccc(COc2cccc3ccccc23)cc1.CC(C)[C@H](NC(=O)OCc1ccccc1)C(=O)N[C@@H](CCCNC(N)=O)C(=O)Nc1ccc(CO)cc1.C[C@@H]([NH-])[C@@H](O)c1ccccc1.[Ac].[Ac]. The minimum absolute atomic E-state index is 0. The molecule has 0 heterocycles. The van der Waals surface area contributed by atoms with Gasteiger partial charge in [-0.2, -0.15) is 0 Å². The Morgan fingerprint density at radius 2 is 0.929 bits per heavy atom. The second kappa shape index (κ2) is 53.1. The number of anilines is 4. The van der Waals surface area contributed by atoms with E-state index in [1.807, 2.05) is 171 Å². The van der Waals surface area contributed by atoms with E-state index in [0.29, 0.717) is 36.6 Å². The molecule has 0 aliphatic carbocycles. The summed E-state index contributed by atoms with van der Waals surface area (Å²) < 4.78 is 20.3. The first-order valence-corrected chi connectivity index (χ1v) is 36.2. The van der Waals surface area contributed by atoms with Gasteiger partial charge >= 0.3 is 12.1 Å². The van der Waals surface area contributed by atoms with Gasteiger partial charge in [-0.1, -0.05) is 238 Å². The van der Waals surface area contributed by atoms with Crippen molar-refractivity contribution in [3.63, 3.8) is 0 Å². The number of primary amides is 1. The zero-order valence-corrected chi connectivity index (χ0v) is 75.1. The average molecular weight is 2020 g/mol. The molecule has 0 fully saturated rings. The quantitative estimate of drug-likeness (QED) is 0.00941. The fourth-order valence-corrected chi connectivity index (χ4v) is 10.2. The number of fused-ring (bicyclic) bond motifs is 1. The van der Waals surface area contributed by atoms with E-state index < -0.39 is 57.9 Å². The minimum atomic E-state index is -1.85. The molecule has 14 N–H and O–H groups in total. The Morgan fingerprint density at radius 1 is 0.500 bits per heavy atom. The Labute approximate surface area is 741 Å². The van der Waals surface area contributed by atoms with Crippen LogP contribution < -0.4 is 47.7 Å². The van der Waals surface area contributed by atoms with E-state index in [-0.39, 0.29) is 157 Å². The molecule has 0 saturated heterocycles. The first-order chi connectivity index (χ1) is 52.5. The number of aliphatic hydroxyl groups excluding tert-OH is 2. The van der Waals surface area contributed by atoms with Crippen molar-refractivity contribution in [2.75, 3.05) is 27.8 Å². The number of ether oxygens (including phenoxy) is 4. The van der Waals surface area contributed by atoms with Gasteiger partial charge in [0.05, 0.1) is 25.4 Å². The number of alkyl carbamates (subject to hydrolysis) is 1. The average Bonchev–Trinajstić information content (AvgIpc) is 0.820. The number of carbonyl (C=O) groups excluding carboxylic acids is 7. The number of urea groups is 1. The molecule has 0 aliphatic rings. The zero-order valence-electron chi connectivity index (χ0n) is 63.4. The molecule has 0 bridgehead atoms. The third-order valence-electron chi connectivity index (χ3n) is 15.7. The number of benzene rings is 9. The normalized spacial score (nSPS) is 12.0. The van der Waals surface area contributed by atoms with Crippen molar-refractivity contribution < 1.29 is 151 Å². The number of hydrogen-bond acceptors (Lipinski definition) is 14. The van der Waals surface area contributed by atoms with Crippen molar-refractivity contribution in [2.45, 2.75) is 135 Å². The summed E-state index contributed by atoms with van der Waals surface area (Å²) >= 11 is 16.4. The number of halogens is 3. The van der Waals surface area contributed by atoms with E-state index in [1.54, 1.807) is 69.3 Å². The van der Waals surface area contributed by atoms with Crippen molar-refractivity contribution >= 4 is 116 Å². The number of alkyl halides is 3. The molecule has 24 nitrogen and oxygen atoms in total. The zero-order chi connectivity index (χ0) is 80.5. The summed E-state index contributed by atoms with van der Waals surface area (Å²) in [7, 11) is 0. The van der Waals surface area contributed by atoms with Crippen LogP contribution in [0.25, 0.3) is 22.2 Å². The molecule has 29 heteroatoms. The molecule has 0 aliphatic heterocycles.